The van der Waals surface area contributed by atoms with Crippen LogP contribution < -0.4 is 0 Å². The highest BCUT2D eigenvalue weighted by Gasteiger charge is 2.71. The van der Waals surface area contributed by atoms with Gasteiger partial charge in [-0.3, -0.25) is 0 Å². The van der Waals surface area contributed by atoms with Crippen molar-refractivity contribution in [3.05, 3.63) is 0 Å². The molecular weight excluding hydrogens is 408 g/mol. The van der Waals surface area contributed by atoms with E-state index in [1.807, 2.05) is 0 Å². The van der Waals surface area contributed by atoms with Crippen molar-refractivity contribution in [3.8, 4) is 0 Å². The van der Waals surface area contributed by atoms with Crippen LogP contribution in [0.3, 0.4) is 0 Å². The summed E-state index contributed by atoms with van der Waals surface area (Å²) in [5, 5.41) is 21.8. The minimum Gasteiger partial charge on any atom is -0.393 e. The number of aliphatic hydroxyl groups is 2. The maximum absolute atomic E-state index is 10.9. The topological polar surface area (TPSA) is 49.7 Å². The normalized spacial score (nSPS) is 58.9. The number of fused-ring (bicyclic) bond motifs is 4. The minimum absolute atomic E-state index is 0.00454. The summed E-state index contributed by atoms with van der Waals surface area (Å²) in [6.45, 7) is 15.6. The first-order chi connectivity index (χ1) is 15.3. The Kier molecular flexibility index (Phi) is 4.80. The van der Waals surface area contributed by atoms with Gasteiger partial charge in [-0.1, -0.05) is 41.5 Å². The van der Waals surface area contributed by atoms with Gasteiger partial charge in [0.1, 0.15) is 0 Å². The Bertz CT molecular complexity index is 753. The van der Waals surface area contributed by atoms with E-state index in [0.29, 0.717) is 28.6 Å². The highest BCUT2D eigenvalue weighted by atomic mass is 16.5. The Balaban J connectivity index is 1.39. The number of ether oxygens (including phenoxy) is 1. The molecule has 0 unspecified atom stereocenters. The Hall–Kier alpha value is -0.120. The van der Waals surface area contributed by atoms with E-state index in [9.17, 15) is 10.2 Å². The molecular formula is C30H50O3. The lowest BCUT2D eigenvalue weighted by Gasteiger charge is -2.63. The molecule has 0 aromatic heterocycles. The van der Waals surface area contributed by atoms with Gasteiger partial charge in [0, 0.05) is 0 Å². The zero-order valence-electron chi connectivity index (χ0n) is 22.3. The zero-order valence-corrected chi connectivity index (χ0v) is 22.3. The number of hydrogen-bond acceptors (Lipinski definition) is 3. The smallest absolute Gasteiger partial charge is 0.0722 e. The lowest BCUT2D eigenvalue weighted by Crippen LogP contribution is -2.61. The SMILES string of the molecule is CC1(C)[C@@H](O)CC[C@@]2(C)[C@H]1CC[C@]13CO[C@@]4(CC[C@H]5C(C)(C)[C@@H](O)CC[C@]5(C)[C@H]4CC[C@@H]12)C3. The Labute approximate surface area is 202 Å². The second-order valence-electron chi connectivity index (χ2n) is 15.5. The standard InChI is InChI=1S/C30H50O3/c1-25(2)19-9-15-29-17-30(33-18-29)16-10-20-26(3,4)24(32)12-14-28(20,6)22(30)8-7-21(29)27(19,5)13-11-23(25)31/h19-24,31-32H,7-18H2,1-6H3/t19-,20-,21+,22+,23-,24-,27-,28-,29-,30-/m0/s1. The molecule has 1 aliphatic heterocycles. The van der Waals surface area contributed by atoms with Crippen molar-refractivity contribution < 1.29 is 14.9 Å². The van der Waals surface area contributed by atoms with Crippen LogP contribution in [-0.2, 0) is 4.74 Å². The van der Waals surface area contributed by atoms with Crippen LogP contribution in [0.2, 0.25) is 0 Å². The molecule has 10 atom stereocenters. The van der Waals surface area contributed by atoms with Gasteiger partial charge in [-0.2, -0.15) is 0 Å². The summed E-state index contributed by atoms with van der Waals surface area (Å²) in [5.74, 6) is 2.57. The number of aliphatic hydroxyl groups excluding tert-OH is 2. The summed E-state index contributed by atoms with van der Waals surface area (Å²) in [4.78, 5) is 0. The molecule has 0 amide bonds. The maximum atomic E-state index is 10.9. The van der Waals surface area contributed by atoms with Crippen molar-refractivity contribution in [1.82, 2.24) is 0 Å². The third-order valence-electron chi connectivity index (χ3n) is 13.8. The van der Waals surface area contributed by atoms with Crippen LogP contribution in [0.4, 0.5) is 0 Å². The molecule has 2 spiro atoms. The summed E-state index contributed by atoms with van der Waals surface area (Å²) < 4.78 is 7.10. The first-order valence-electron chi connectivity index (χ1n) is 14.3. The predicted octanol–water partition coefficient (Wildman–Crippen LogP) is 6.35. The minimum atomic E-state index is -0.163. The Morgan fingerprint density at radius 2 is 1.09 bits per heavy atom. The fraction of sp³-hybridized carbons (Fsp3) is 1.00. The fourth-order valence-corrected chi connectivity index (χ4v) is 12.2. The van der Waals surface area contributed by atoms with E-state index in [1.54, 1.807) is 0 Å². The summed E-state index contributed by atoms with van der Waals surface area (Å²) in [6, 6.07) is 0. The van der Waals surface area contributed by atoms with Crippen LogP contribution in [-0.4, -0.2) is 34.6 Å². The molecule has 5 saturated carbocycles. The predicted molar refractivity (Wildman–Crippen MR) is 132 cm³/mol. The molecule has 1 heterocycles. The van der Waals surface area contributed by atoms with Gasteiger partial charge in [-0.25, -0.2) is 0 Å². The van der Waals surface area contributed by atoms with E-state index in [0.717, 1.165) is 31.8 Å². The lowest BCUT2D eigenvalue weighted by molar-refractivity contribution is -0.210. The van der Waals surface area contributed by atoms with Crippen LogP contribution >= 0.6 is 0 Å². The third-order valence-corrected chi connectivity index (χ3v) is 13.8. The van der Waals surface area contributed by atoms with Gasteiger partial charge in [0.05, 0.1) is 24.4 Å². The van der Waals surface area contributed by atoms with E-state index in [-0.39, 0.29) is 34.1 Å². The molecule has 3 heteroatoms. The number of hydrogen-bond donors (Lipinski definition) is 2. The van der Waals surface area contributed by atoms with Crippen molar-refractivity contribution in [2.45, 2.75) is 130 Å². The molecule has 2 bridgehead atoms. The maximum Gasteiger partial charge on any atom is 0.0722 e. The van der Waals surface area contributed by atoms with E-state index in [2.05, 4.69) is 41.5 Å². The second-order valence-corrected chi connectivity index (χ2v) is 15.5. The number of rotatable bonds is 0. The molecule has 0 radical (unpaired) electrons. The molecule has 3 nitrogen and oxygen atoms in total. The molecule has 5 aliphatic carbocycles. The van der Waals surface area contributed by atoms with E-state index < -0.39 is 0 Å². The van der Waals surface area contributed by atoms with Gasteiger partial charge >= 0.3 is 0 Å². The van der Waals surface area contributed by atoms with Gasteiger partial charge in [-0.05, 0) is 121 Å². The van der Waals surface area contributed by atoms with Gasteiger partial charge in [0.25, 0.3) is 0 Å². The highest BCUT2D eigenvalue weighted by Crippen LogP contribution is 2.74. The lowest BCUT2D eigenvalue weighted by atomic mass is 9.42. The molecule has 6 rings (SSSR count). The highest BCUT2D eigenvalue weighted by molar-refractivity contribution is 5.20. The molecule has 188 valence electrons. The first kappa shape index (κ1) is 23.3. The van der Waals surface area contributed by atoms with Gasteiger partial charge in [-0.15, -0.1) is 0 Å². The summed E-state index contributed by atoms with van der Waals surface area (Å²) >= 11 is 0. The largest absolute Gasteiger partial charge is 0.393 e. The summed E-state index contributed by atoms with van der Waals surface area (Å²) in [5.41, 5.74) is 1.06. The Morgan fingerprint density at radius 3 is 1.70 bits per heavy atom. The average molecular weight is 459 g/mol. The molecule has 1 saturated heterocycles. The van der Waals surface area contributed by atoms with E-state index >= 15 is 0 Å². The first-order valence-corrected chi connectivity index (χ1v) is 14.3. The van der Waals surface area contributed by atoms with Gasteiger partial charge in [0.15, 0.2) is 0 Å². The van der Waals surface area contributed by atoms with Crippen molar-refractivity contribution in [2.24, 2.45) is 50.7 Å². The van der Waals surface area contributed by atoms with Gasteiger partial charge in [0.2, 0.25) is 0 Å². The molecule has 2 N–H and O–H groups in total. The Morgan fingerprint density at radius 1 is 0.576 bits per heavy atom. The van der Waals surface area contributed by atoms with Crippen LogP contribution in [0.5, 0.6) is 0 Å². The average Bonchev–Trinajstić information content (AvgIpc) is 2.99. The summed E-state index contributed by atoms with van der Waals surface area (Å²) in [6.07, 6.45) is 12.9. The zero-order chi connectivity index (χ0) is 23.7. The molecule has 0 aromatic rings. The molecule has 33 heavy (non-hydrogen) atoms. The van der Waals surface area contributed by atoms with Crippen LogP contribution in [0.1, 0.15) is 112 Å². The van der Waals surface area contributed by atoms with E-state index in [4.69, 9.17) is 4.74 Å². The molecule has 6 aliphatic rings. The van der Waals surface area contributed by atoms with E-state index in [1.165, 1.54) is 51.4 Å². The van der Waals surface area contributed by atoms with Crippen LogP contribution in [0.25, 0.3) is 0 Å². The van der Waals surface area contributed by atoms with Crippen molar-refractivity contribution in [2.75, 3.05) is 6.61 Å². The quantitative estimate of drug-likeness (QED) is 0.444. The van der Waals surface area contributed by atoms with Crippen molar-refractivity contribution in [1.29, 1.82) is 0 Å². The second kappa shape index (κ2) is 6.80. The molecule has 0 aromatic carbocycles. The fourth-order valence-electron chi connectivity index (χ4n) is 12.2. The third kappa shape index (κ3) is 2.74. The van der Waals surface area contributed by atoms with Crippen molar-refractivity contribution in [3.63, 3.8) is 0 Å². The van der Waals surface area contributed by atoms with Crippen LogP contribution in [0.15, 0.2) is 0 Å². The summed E-state index contributed by atoms with van der Waals surface area (Å²) in [7, 11) is 0. The van der Waals surface area contributed by atoms with Crippen molar-refractivity contribution >= 4 is 0 Å². The monoisotopic (exact) mass is 458 g/mol. The molecule has 6 fully saturated rings. The van der Waals surface area contributed by atoms with Gasteiger partial charge < -0.3 is 14.9 Å². The van der Waals surface area contributed by atoms with Crippen LogP contribution in [0, 0.1) is 50.7 Å².